The predicted molar refractivity (Wildman–Crippen MR) is 164 cm³/mol. The molecule has 0 atom stereocenters. The van der Waals surface area contributed by atoms with E-state index in [1.54, 1.807) is 0 Å². The van der Waals surface area contributed by atoms with Gasteiger partial charge in [-0.05, 0) is 57.2 Å². The number of nitrogens with one attached hydrogen (secondary N) is 1. The number of nitrogens with zero attached hydrogens (tertiary/aromatic N) is 2. The van der Waals surface area contributed by atoms with Gasteiger partial charge in [0.1, 0.15) is 10.2 Å². The monoisotopic (exact) mass is 521 g/mol. The van der Waals surface area contributed by atoms with Crippen molar-refractivity contribution in [3.8, 4) is 0 Å². The van der Waals surface area contributed by atoms with Crippen molar-refractivity contribution < 1.29 is 0 Å². The molecule has 1 N–H and O–H groups in total. The fraction of sp³-hybridized carbons (Fsp3) is 0.871. The molecule has 0 radical (unpaired) electrons. The molecule has 0 unspecified atom stereocenters. The summed E-state index contributed by atoms with van der Waals surface area (Å²) < 4.78 is 0.503. The molecule has 0 amide bonds. The summed E-state index contributed by atoms with van der Waals surface area (Å²) in [7, 11) is 2.07. The van der Waals surface area contributed by atoms with E-state index < -0.39 is 0 Å². The van der Waals surface area contributed by atoms with Crippen molar-refractivity contribution in [1.82, 2.24) is 4.90 Å². The van der Waals surface area contributed by atoms with E-state index in [9.17, 15) is 4.79 Å². The lowest BCUT2D eigenvalue weighted by atomic mass is 9.90. The van der Waals surface area contributed by atoms with Crippen LogP contribution in [0.1, 0.15) is 131 Å². The molecule has 0 fully saturated rings. The molecule has 210 valence electrons. The molecule has 1 rings (SSSR count). The molecule has 0 aliphatic rings. The quantitative estimate of drug-likeness (QED) is 0.115. The minimum absolute atomic E-state index is 0.0266. The minimum Gasteiger partial charge on any atom is -0.380 e. The lowest BCUT2D eigenvalue weighted by Gasteiger charge is -2.27. The van der Waals surface area contributed by atoms with Crippen LogP contribution in [0.25, 0.3) is 0 Å². The average Bonchev–Trinajstić information content (AvgIpc) is 2.83. The summed E-state index contributed by atoms with van der Waals surface area (Å²) >= 11 is 5.40. The Bertz CT molecular complexity index is 732. The van der Waals surface area contributed by atoms with Crippen LogP contribution in [-0.4, -0.2) is 44.7 Å². The van der Waals surface area contributed by atoms with Crippen LogP contribution in [-0.2, 0) is 0 Å². The molecule has 0 heterocycles. The first-order valence-electron chi connectivity index (χ1n) is 15.2. The second-order valence-corrected chi connectivity index (χ2v) is 12.5. The van der Waals surface area contributed by atoms with Gasteiger partial charge < -0.3 is 15.1 Å². The number of anilines is 2. The Kier molecular flexibility index (Phi) is 17.6. The highest BCUT2D eigenvalue weighted by molar-refractivity contribution is 7.71. The highest BCUT2D eigenvalue weighted by Crippen LogP contribution is 2.28. The van der Waals surface area contributed by atoms with Crippen molar-refractivity contribution >= 4 is 23.6 Å². The molecule has 1 aromatic rings. The van der Waals surface area contributed by atoms with Crippen LogP contribution in [0.5, 0.6) is 0 Å². The summed E-state index contributed by atoms with van der Waals surface area (Å²) in [5.74, 6) is 0. The van der Waals surface area contributed by atoms with Crippen LogP contribution in [0.3, 0.4) is 0 Å². The van der Waals surface area contributed by atoms with E-state index in [0.717, 1.165) is 43.9 Å². The number of unbranched alkanes of at least 4 members (excludes halogenated alkanes) is 10. The van der Waals surface area contributed by atoms with E-state index in [0.29, 0.717) is 9.93 Å². The van der Waals surface area contributed by atoms with Crippen molar-refractivity contribution in [2.24, 2.45) is 5.41 Å². The fourth-order valence-electron chi connectivity index (χ4n) is 4.95. The lowest BCUT2D eigenvalue weighted by molar-refractivity contribution is 0.259. The molecular formula is C31H59N3OS. The van der Waals surface area contributed by atoms with Crippen molar-refractivity contribution in [2.45, 2.75) is 131 Å². The Balaban J connectivity index is 2.46. The first kappa shape index (κ1) is 33.1. The number of hydrogen-bond donors (Lipinski definition) is 1. The maximum Gasteiger partial charge on any atom is 0.223 e. The van der Waals surface area contributed by atoms with Gasteiger partial charge in [0.2, 0.25) is 5.43 Å². The van der Waals surface area contributed by atoms with Gasteiger partial charge in [0.25, 0.3) is 0 Å². The average molecular weight is 522 g/mol. The van der Waals surface area contributed by atoms with Crippen LogP contribution in [0.4, 0.5) is 11.4 Å². The van der Waals surface area contributed by atoms with Gasteiger partial charge in [-0.1, -0.05) is 111 Å². The van der Waals surface area contributed by atoms with E-state index in [-0.39, 0.29) is 5.43 Å². The Hall–Kier alpha value is -0.940. The molecule has 0 saturated heterocycles. The molecule has 5 heteroatoms. The summed E-state index contributed by atoms with van der Waals surface area (Å²) in [5, 5.41) is 3.45. The summed E-state index contributed by atoms with van der Waals surface area (Å²) in [6.07, 6.45) is 19.6. The van der Waals surface area contributed by atoms with E-state index in [2.05, 4.69) is 56.8 Å². The molecule has 0 aliphatic carbocycles. The Morgan fingerprint density at radius 1 is 0.722 bits per heavy atom. The van der Waals surface area contributed by atoms with E-state index in [1.807, 2.05) is 0 Å². The van der Waals surface area contributed by atoms with Crippen molar-refractivity contribution in [3.63, 3.8) is 0 Å². The van der Waals surface area contributed by atoms with Gasteiger partial charge in [0.05, 0.1) is 5.69 Å². The largest absolute Gasteiger partial charge is 0.380 e. The zero-order valence-electron chi connectivity index (χ0n) is 24.9. The zero-order chi connectivity index (χ0) is 26.8. The normalized spacial score (nSPS) is 12.1. The zero-order valence-corrected chi connectivity index (χ0v) is 25.7. The highest BCUT2D eigenvalue weighted by Gasteiger charge is 2.21. The molecule has 0 aliphatic heterocycles. The second-order valence-electron chi connectivity index (χ2n) is 12.1. The van der Waals surface area contributed by atoms with Gasteiger partial charge >= 0.3 is 0 Å². The van der Waals surface area contributed by atoms with Crippen LogP contribution in [0, 0.1) is 9.93 Å². The third-order valence-corrected chi connectivity index (χ3v) is 7.67. The molecular weight excluding hydrogens is 462 g/mol. The predicted octanol–water partition coefficient (Wildman–Crippen LogP) is 8.74. The molecule has 0 saturated carbocycles. The van der Waals surface area contributed by atoms with Gasteiger partial charge in [-0.15, -0.1) is 0 Å². The van der Waals surface area contributed by atoms with Crippen LogP contribution < -0.4 is 15.6 Å². The van der Waals surface area contributed by atoms with Crippen molar-refractivity contribution in [1.29, 1.82) is 0 Å². The smallest absolute Gasteiger partial charge is 0.223 e. The van der Waals surface area contributed by atoms with E-state index >= 15 is 0 Å². The van der Waals surface area contributed by atoms with Crippen molar-refractivity contribution in [3.05, 3.63) is 14.7 Å². The fourth-order valence-corrected chi connectivity index (χ4v) is 5.31. The lowest BCUT2D eigenvalue weighted by Crippen LogP contribution is -2.31. The standard InChI is InChI=1S/C31H59N3OS/c1-7-9-11-13-15-17-24-34(25-18-16-14-12-10-8-2)26-20-22-32-27-28(30(36)29(27)35)33(6)23-19-21-31(3,4)5/h32H,7-26H2,1-6H3. The van der Waals surface area contributed by atoms with Gasteiger partial charge in [0.15, 0.2) is 0 Å². The first-order chi connectivity index (χ1) is 17.2. The Morgan fingerprint density at radius 3 is 1.75 bits per heavy atom. The molecule has 0 spiro atoms. The maximum atomic E-state index is 12.4. The first-order valence-corrected chi connectivity index (χ1v) is 15.6. The highest BCUT2D eigenvalue weighted by atomic mass is 32.1. The molecule has 36 heavy (non-hydrogen) atoms. The maximum absolute atomic E-state index is 12.4. The third kappa shape index (κ3) is 14.1. The minimum atomic E-state index is 0.0266. The van der Waals surface area contributed by atoms with Crippen LogP contribution in [0.2, 0.25) is 0 Å². The van der Waals surface area contributed by atoms with Gasteiger partial charge in [-0.25, -0.2) is 0 Å². The summed E-state index contributed by atoms with van der Waals surface area (Å²) in [4.78, 5) is 17.3. The molecule has 0 bridgehead atoms. The van der Waals surface area contributed by atoms with Gasteiger partial charge in [0, 0.05) is 20.1 Å². The van der Waals surface area contributed by atoms with E-state index in [1.165, 1.54) is 96.6 Å². The number of rotatable bonds is 23. The van der Waals surface area contributed by atoms with Crippen LogP contribution >= 0.6 is 12.2 Å². The van der Waals surface area contributed by atoms with Crippen LogP contribution in [0.15, 0.2) is 4.79 Å². The summed E-state index contributed by atoms with van der Waals surface area (Å²) in [6.45, 7) is 16.7. The molecule has 0 aromatic heterocycles. The molecule has 1 aromatic carbocycles. The summed E-state index contributed by atoms with van der Waals surface area (Å²) in [5.41, 5.74) is 2.07. The van der Waals surface area contributed by atoms with Gasteiger partial charge in [-0.3, -0.25) is 4.79 Å². The SMILES string of the molecule is CCCCCCCCN(CCCCCCCC)CCCNc1c(N(C)CCCC(C)(C)C)c(=S)c1=O. The third-order valence-electron chi connectivity index (χ3n) is 7.30. The Morgan fingerprint density at radius 2 is 1.22 bits per heavy atom. The molecule has 4 nitrogen and oxygen atoms in total. The topological polar surface area (TPSA) is 35.6 Å². The second kappa shape index (κ2) is 19.2. The Labute approximate surface area is 229 Å². The van der Waals surface area contributed by atoms with Gasteiger partial charge in [-0.2, -0.15) is 0 Å². The number of hydrogen-bond acceptors (Lipinski definition) is 5. The van der Waals surface area contributed by atoms with E-state index in [4.69, 9.17) is 12.2 Å². The summed E-state index contributed by atoms with van der Waals surface area (Å²) in [6, 6.07) is 0. The van der Waals surface area contributed by atoms with Crippen molar-refractivity contribution in [2.75, 3.05) is 50.0 Å².